The molecule has 4 rings (SSSR count). The smallest absolute Gasteiger partial charge is 0.258 e. The average molecular weight is 399 g/mol. The highest BCUT2D eigenvalue weighted by molar-refractivity contribution is 5.75. The highest BCUT2D eigenvalue weighted by Gasteiger charge is 2.15. The number of benzene rings is 3. The summed E-state index contributed by atoms with van der Waals surface area (Å²) in [6.07, 6.45) is 0. The molecule has 0 saturated heterocycles. The zero-order valence-electron chi connectivity index (χ0n) is 17.2. The van der Waals surface area contributed by atoms with Gasteiger partial charge in [0.1, 0.15) is 0 Å². The van der Waals surface area contributed by atoms with E-state index in [9.17, 15) is 5.11 Å². The van der Waals surface area contributed by atoms with Crippen LogP contribution in [0, 0.1) is 6.92 Å². The summed E-state index contributed by atoms with van der Waals surface area (Å²) in [5, 5.41) is 16.7. The standard InChI is InChI=1S/C25H25N3O2/c1-17(16-29)26-15-19-8-6-11-21(14-19)24-27-25(30-28-24)23-13-7-12-22(18(23)2)20-9-4-3-5-10-20/h3-14,17,26,29H,15-16H2,1-2H3/t17-/m0/s1. The Morgan fingerprint density at radius 1 is 0.933 bits per heavy atom. The second-order valence-electron chi connectivity index (χ2n) is 7.43. The quantitative estimate of drug-likeness (QED) is 0.465. The first-order valence-electron chi connectivity index (χ1n) is 10.1. The van der Waals surface area contributed by atoms with Crippen LogP contribution in [0.25, 0.3) is 34.0 Å². The number of rotatable bonds is 7. The van der Waals surface area contributed by atoms with Gasteiger partial charge in [-0.15, -0.1) is 0 Å². The van der Waals surface area contributed by atoms with Gasteiger partial charge in [0, 0.05) is 23.7 Å². The van der Waals surface area contributed by atoms with Crippen molar-refractivity contribution in [1.82, 2.24) is 15.5 Å². The van der Waals surface area contributed by atoms with Gasteiger partial charge in [0.05, 0.1) is 6.61 Å². The lowest BCUT2D eigenvalue weighted by Gasteiger charge is -2.10. The number of hydrogen-bond donors (Lipinski definition) is 2. The van der Waals surface area contributed by atoms with Gasteiger partial charge in [-0.05, 0) is 48.2 Å². The molecular formula is C25H25N3O2. The number of aliphatic hydroxyl groups is 1. The minimum atomic E-state index is 0.0466. The van der Waals surface area contributed by atoms with Crippen molar-refractivity contribution in [2.75, 3.05) is 6.61 Å². The van der Waals surface area contributed by atoms with Crippen molar-refractivity contribution < 1.29 is 9.63 Å². The monoisotopic (exact) mass is 399 g/mol. The summed E-state index contributed by atoms with van der Waals surface area (Å²) in [5.74, 6) is 1.07. The molecule has 0 amide bonds. The van der Waals surface area contributed by atoms with Gasteiger partial charge in [-0.3, -0.25) is 0 Å². The van der Waals surface area contributed by atoms with Crippen LogP contribution in [0.15, 0.2) is 77.3 Å². The lowest BCUT2D eigenvalue weighted by molar-refractivity contribution is 0.251. The van der Waals surface area contributed by atoms with Crippen molar-refractivity contribution in [3.05, 3.63) is 83.9 Å². The highest BCUT2D eigenvalue weighted by Crippen LogP contribution is 2.31. The predicted molar refractivity (Wildman–Crippen MR) is 119 cm³/mol. The molecule has 2 N–H and O–H groups in total. The Balaban J connectivity index is 1.61. The molecule has 5 nitrogen and oxygen atoms in total. The minimum absolute atomic E-state index is 0.0466. The van der Waals surface area contributed by atoms with Crippen LogP contribution in [0.3, 0.4) is 0 Å². The third kappa shape index (κ3) is 4.32. The lowest BCUT2D eigenvalue weighted by Crippen LogP contribution is -2.28. The molecule has 0 bridgehead atoms. The van der Waals surface area contributed by atoms with Gasteiger partial charge >= 0.3 is 0 Å². The van der Waals surface area contributed by atoms with Crippen LogP contribution in [-0.2, 0) is 6.54 Å². The molecule has 0 aliphatic carbocycles. The van der Waals surface area contributed by atoms with Gasteiger partial charge in [-0.1, -0.05) is 65.8 Å². The zero-order valence-corrected chi connectivity index (χ0v) is 17.2. The molecule has 4 aromatic rings. The number of aliphatic hydroxyl groups excluding tert-OH is 1. The van der Waals surface area contributed by atoms with Crippen LogP contribution >= 0.6 is 0 Å². The second kappa shape index (κ2) is 9.03. The van der Waals surface area contributed by atoms with Gasteiger partial charge in [0.2, 0.25) is 5.82 Å². The van der Waals surface area contributed by atoms with E-state index in [-0.39, 0.29) is 12.6 Å². The molecule has 152 valence electrons. The number of nitrogens with one attached hydrogen (secondary N) is 1. The van der Waals surface area contributed by atoms with Crippen LogP contribution in [0.2, 0.25) is 0 Å². The number of aromatic nitrogens is 2. The Morgan fingerprint density at radius 3 is 2.47 bits per heavy atom. The van der Waals surface area contributed by atoms with Gasteiger partial charge in [0.15, 0.2) is 0 Å². The number of hydrogen-bond acceptors (Lipinski definition) is 5. The van der Waals surface area contributed by atoms with Gasteiger partial charge in [-0.2, -0.15) is 4.98 Å². The maximum Gasteiger partial charge on any atom is 0.258 e. The van der Waals surface area contributed by atoms with Crippen LogP contribution < -0.4 is 5.32 Å². The van der Waals surface area contributed by atoms with E-state index in [0.29, 0.717) is 18.3 Å². The first kappa shape index (κ1) is 20.0. The summed E-state index contributed by atoms with van der Waals surface area (Å²) in [6.45, 7) is 4.80. The highest BCUT2D eigenvalue weighted by atomic mass is 16.5. The van der Waals surface area contributed by atoms with E-state index in [1.54, 1.807) is 0 Å². The van der Waals surface area contributed by atoms with Gasteiger partial charge in [0.25, 0.3) is 5.89 Å². The maximum atomic E-state index is 9.18. The van der Waals surface area contributed by atoms with Crippen LogP contribution in [0.4, 0.5) is 0 Å². The molecule has 5 heteroatoms. The molecule has 0 unspecified atom stereocenters. The first-order valence-corrected chi connectivity index (χ1v) is 10.1. The Hall–Kier alpha value is -3.28. The molecule has 0 fully saturated rings. The normalized spacial score (nSPS) is 12.1. The maximum absolute atomic E-state index is 9.18. The molecule has 1 heterocycles. The van der Waals surface area contributed by atoms with Gasteiger partial charge in [-0.25, -0.2) is 0 Å². The number of nitrogens with zero attached hydrogens (tertiary/aromatic N) is 2. The zero-order chi connectivity index (χ0) is 20.9. The summed E-state index contributed by atoms with van der Waals surface area (Å²) >= 11 is 0. The Bertz CT molecular complexity index is 1120. The van der Waals surface area contributed by atoms with E-state index < -0.39 is 0 Å². The predicted octanol–water partition coefficient (Wildman–Crippen LogP) is 4.85. The van der Waals surface area contributed by atoms with E-state index in [4.69, 9.17) is 4.52 Å². The molecule has 0 saturated carbocycles. The van der Waals surface area contributed by atoms with Crippen molar-refractivity contribution in [1.29, 1.82) is 0 Å². The minimum Gasteiger partial charge on any atom is -0.395 e. The van der Waals surface area contributed by atoms with Crippen LogP contribution in [0.1, 0.15) is 18.1 Å². The van der Waals surface area contributed by atoms with Crippen LogP contribution in [-0.4, -0.2) is 27.9 Å². The SMILES string of the molecule is Cc1c(-c2ccccc2)cccc1-c1nc(-c2cccc(CN[C@@H](C)CO)c2)no1. The van der Waals surface area contributed by atoms with Crippen molar-refractivity contribution in [2.24, 2.45) is 0 Å². The summed E-state index contributed by atoms with van der Waals surface area (Å²) in [7, 11) is 0. The lowest BCUT2D eigenvalue weighted by atomic mass is 9.96. The summed E-state index contributed by atoms with van der Waals surface area (Å²) in [6, 6.07) is 24.5. The molecule has 0 aliphatic rings. The molecule has 30 heavy (non-hydrogen) atoms. The van der Waals surface area contributed by atoms with Crippen LogP contribution in [0.5, 0.6) is 0 Å². The fourth-order valence-corrected chi connectivity index (χ4v) is 3.42. The Labute approximate surface area is 176 Å². The molecule has 0 radical (unpaired) electrons. The fraction of sp³-hybridized carbons (Fsp3) is 0.200. The Kier molecular flexibility index (Phi) is 6.02. The Morgan fingerprint density at radius 2 is 1.67 bits per heavy atom. The van der Waals surface area contributed by atoms with Crippen molar-refractivity contribution in [3.63, 3.8) is 0 Å². The summed E-state index contributed by atoms with van der Waals surface area (Å²) < 4.78 is 5.62. The van der Waals surface area contributed by atoms with E-state index in [1.807, 2.05) is 61.5 Å². The van der Waals surface area contributed by atoms with Crippen molar-refractivity contribution in [3.8, 4) is 34.0 Å². The fourth-order valence-electron chi connectivity index (χ4n) is 3.42. The largest absolute Gasteiger partial charge is 0.395 e. The molecule has 0 spiro atoms. The van der Waals surface area contributed by atoms with Crippen molar-refractivity contribution >= 4 is 0 Å². The van der Waals surface area contributed by atoms with E-state index in [2.05, 4.69) is 40.6 Å². The summed E-state index contributed by atoms with van der Waals surface area (Å²) in [5.41, 5.74) is 6.35. The third-order valence-corrected chi connectivity index (χ3v) is 5.19. The van der Waals surface area contributed by atoms with E-state index >= 15 is 0 Å². The molecular weight excluding hydrogens is 374 g/mol. The van der Waals surface area contributed by atoms with Crippen molar-refractivity contribution in [2.45, 2.75) is 26.4 Å². The summed E-state index contributed by atoms with van der Waals surface area (Å²) in [4.78, 5) is 4.66. The topological polar surface area (TPSA) is 71.2 Å². The molecule has 0 aliphatic heterocycles. The average Bonchev–Trinajstić information content (AvgIpc) is 3.28. The van der Waals surface area contributed by atoms with Gasteiger partial charge < -0.3 is 14.9 Å². The molecule has 3 aromatic carbocycles. The molecule has 1 atom stereocenters. The third-order valence-electron chi connectivity index (χ3n) is 5.19. The molecule has 1 aromatic heterocycles. The van der Waals surface area contributed by atoms with E-state index in [0.717, 1.165) is 33.4 Å². The second-order valence-corrected chi connectivity index (χ2v) is 7.43. The van der Waals surface area contributed by atoms with E-state index in [1.165, 1.54) is 0 Å². The first-order chi connectivity index (χ1) is 14.7.